The fourth-order valence-corrected chi connectivity index (χ4v) is 3.31. The molecule has 14 nitrogen and oxygen atoms in total. The van der Waals surface area contributed by atoms with E-state index in [0.29, 0.717) is 5.69 Å². The molecular weight excluding hydrogens is 498 g/mol. The number of hydrogen-bond donors (Lipinski definition) is 5. The lowest BCUT2D eigenvalue weighted by molar-refractivity contribution is -0.140. The number of nitrogen functional groups attached to an aromatic ring is 1. The highest BCUT2D eigenvalue weighted by molar-refractivity contribution is 6.29. The molecule has 6 N–H and O–H groups in total. The number of rotatable bonds is 10. The van der Waals surface area contributed by atoms with Crippen molar-refractivity contribution >= 4 is 58.2 Å². The Kier molecular flexibility index (Phi) is 8.11. The van der Waals surface area contributed by atoms with Crippen LogP contribution in [-0.2, 0) is 20.9 Å². The van der Waals surface area contributed by atoms with E-state index in [9.17, 15) is 29.1 Å². The Bertz CT molecular complexity index is 1380. The van der Waals surface area contributed by atoms with Gasteiger partial charge in [-0.05, 0) is 30.7 Å². The maximum absolute atomic E-state index is 12.5. The van der Waals surface area contributed by atoms with Crippen molar-refractivity contribution in [3.8, 4) is 0 Å². The van der Waals surface area contributed by atoms with Crippen LogP contribution >= 0.6 is 11.6 Å². The van der Waals surface area contributed by atoms with E-state index < -0.39 is 41.8 Å². The van der Waals surface area contributed by atoms with Gasteiger partial charge in [0.2, 0.25) is 11.9 Å². The van der Waals surface area contributed by atoms with Crippen molar-refractivity contribution in [1.82, 2.24) is 25.3 Å². The van der Waals surface area contributed by atoms with Crippen LogP contribution in [0, 0.1) is 0 Å². The molecule has 36 heavy (non-hydrogen) atoms. The standard InChI is InChI=1S/C21H20ClN7O7/c22-7-14(30)29(9-11-8-24-17-16(25-11)19(34)28-21(23)27-17)12-3-1-10(2-4-12)18(33)26-13(20(35)36)5-6-15(31)32/h1-4,8,13H,5-7,9H2,(H,26,33)(H,31,32)(H,35,36)(H3,23,24,27,28,34)/t13-/m0/s1. The van der Waals surface area contributed by atoms with E-state index in [0.717, 1.165) is 0 Å². The predicted octanol–water partition coefficient (Wildman–Crippen LogP) is 0.115. The summed E-state index contributed by atoms with van der Waals surface area (Å²) in [6, 6.07) is 4.21. The summed E-state index contributed by atoms with van der Waals surface area (Å²) in [4.78, 5) is 74.8. The Labute approximate surface area is 207 Å². The molecule has 0 spiro atoms. The number of carbonyl (C=O) groups excluding carboxylic acids is 2. The number of halogens is 1. The summed E-state index contributed by atoms with van der Waals surface area (Å²) in [6.45, 7) is -0.111. The lowest BCUT2D eigenvalue weighted by Crippen LogP contribution is -2.41. The van der Waals surface area contributed by atoms with E-state index in [4.69, 9.17) is 22.4 Å². The zero-order valence-electron chi connectivity index (χ0n) is 18.5. The molecule has 0 bridgehead atoms. The zero-order valence-corrected chi connectivity index (χ0v) is 19.2. The number of hydrogen-bond acceptors (Lipinski definition) is 9. The lowest BCUT2D eigenvalue weighted by Gasteiger charge is -2.22. The Morgan fingerprint density at radius 3 is 2.44 bits per heavy atom. The first-order chi connectivity index (χ1) is 17.1. The summed E-state index contributed by atoms with van der Waals surface area (Å²) >= 11 is 5.75. The minimum Gasteiger partial charge on any atom is -0.481 e. The molecular formula is C21H20ClN7O7. The van der Waals surface area contributed by atoms with Crippen molar-refractivity contribution in [3.63, 3.8) is 0 Å². The van der Waals surface area contributed by atoms with E-state index in [1.54, 1.807) is 0 Å². The molecule has 0 saturated heterocycles. The van der Waals surface area contributed by atoms with Crippen molar-refractivity contribution in [2.75, 3.05) is 16.5 Å². The number of carbonyl (C=O) groups is 4. The van der Waals surface area contributed by atoms with Gasteiger partial charge in [0.05, 0.1) is 18.4 Å². The van der Waals surface area contributed by atoms with Crippen LogP contribution in [0.4, 0.5) is 11.6 Å². The number of anilines is 2. The van der Waals surface area contributed by atoms with Gasteiger partial charge in [0.25, 0.3) is 11.5 Å². The SMILES string of the molecule is Nc1nc2ncc(CN(C(=O)CCl)c3ccc(C(=O)N[C@@H](CCC(=O)O)C(=O)O)cc3)nc2c(=O)[nH]1. The molecule has 2 heterocycles. The van der Waals surface area contributed by atoms with Gasteiger partial charge in [0.15, 0.2) is 11.2 Å². The number of alkyl halides is 1. The normalized spacial score (nSPS) is 11.6. The number of benzene rings is 1. The minimum atomic E-state index is -1.39. The third-order valence-electron chi connectivity index (χ3n) is 4.91. The number of carboxylic acids is 2. The number of amides is 2. The second kappa shape index (κ2) is 11.2. The molecule has 3 rings (SSSR count). The van der Waals surface area contributed by atoms with Gasteiger partial charge in [-0.1, -0.05) is 0 Å². The van der Waals surface area contributed by atoms with Gasteiger partial charge < -0.3 is 26.2 Å². The molecule has 0 radical (unpaired) electrons. The third kappa shape index (κ3) is 6.29. The molecule has 1 atom stereocenters. The predicted molar refractivity (Wildman–Crippen MR) is 126 cm³/mol. The van der Waals surface area contributed by atoms with E-state index in [1.807, 2.05) is 0 Å². The number of aromatic nitrogens is 4. The smallest absolute Gasteiger partial charge is 0.326 e. The number of nitrogens with two attached hydrogens (primary N) is 1. The summed E-state index contributed by atoms with van der Waals surface area (Å²) in [5, 5.41) is 20.2. The van der Waals surface area contributed by atoms with E-state index in [1.165, 1.54) is 35.4 Å². The molecule has 3 aromatic rings. The number of aromatic amines is 1. The molecule has 0 saturated carbocycles. The molecule has 0 aliphatic heterocycles. The van der Waals surface area contributed by atoms with Crippen molar-refractivity contribution in [3.05, 3.63) is 52.1 Å². The summed E-state index contributed by atoms with van der Waals surface area (Å²) in [5.74, 6) is -4.28. The van der Waals surface area contributed by atoms with Crippen LogP contribution in [0.2, 0.25) is 0 Å². The van der Waals surface area contributed by atoms with Gasteiger partial charge >= 0.3 is 11.9 Å². The minimum absolute atomic E-state index is 0.0357. The number of nitrogens with one attached hydrogen (secondary N) is 2. The van der Waals surface area contributed by atoms with E-state index >= 15 is 0 Å². The number of aliphatic carboxylic acids is 2. The van der Waals surface area contributed by atoms with Gasteiger partial charge in [0.1, 0.15) is 11.9 Å². The molecule has 2 aromatic heterocycles. The van der Waals surface area contributed by atoms with Crippen LogP contribution in [-0.4, -0.2) is 65.8 Å². The lowest BCUT2D eigenvalue weighted by atomic mass is 10.1. The van der Waals surface area contributed by atoms with Crippen LogP contribution in [0.15, 0.2) is 35.3 Å². The summed E-state index contributed by atoms with van der Waals surface area (Å²) < 4.78 is 0. The van der Waals surface area contributed by atoms with Crippen molar-refractivity contribution in [2.24, 2.45) is 0 Å². The fourth-order valence-electron chi connectivity index (χ4n) is 3.16. The number of H-pyrrole nitrogens is 1. The third-order valence-corrected chi connectivity index (χ3v) is 5.14. The Morgan fingerprint density at radius 2 is 1.83 bits per heavy atom. The molecule has 15 heteroatoms. The monoisotopic (exact) mass is 517 g/mol. The van der Waals surface area contributed by atoms with Crippen LogP contribution < -0.4 is 21.5 Å². The second-order valence-electron chi connectivity index (χ2n) is 7.44. The highest BCUT2D eigenvalue weighted by Gasteiger charge is 2.22. The highest BCUT2D eigenvalue weighted by Crippen LogP contribution is 2.19. The van der Waals surface area contributed by atoms with Gasteiger partial charge in [-0.3, -0.25) is 24.2 Å². The first-order valence-electron chi connectivity index (χ1n) is 10.3. The largest absolute Gasteiger partial charge is 0.481 e. The van der Waals surface area contributed by atoms with Crippen LogP contribution in [0.5, 0.6) is 0 Å². The highest BCUT2D eigenvalue weighted by atomic mass is 35.5. The number of fused-ring (bicyclic) bond motifs is 1. The van der Waals surface area contributed by atoms with Gasteiger partial charge in [0, 0.05) is 17.7 Å². The number of nitrogens with zero attached hydrogens (tertiary/aromatic N) is 4. The maximum atomic E-state index is 12.5. The zero-order chi connectivity index (χ0) is 26.4. The summed E-state index contributed by atoms with van der Waals surface area (Å²) in [5.41, 5.74) is 5.54. The van der Waals surface area contributed by atoms with Gasteiger partial charge in [-0.25, -0.2) is 14.8 Å². The number of carboxylic acid groups (broad SMARTS) is 2. The maximum Gasteiger partial charge on any atom is 0.326 e. The Hall–Kier alpha value is -4.59. The van der Waals surface area contributed by atoms with E-state index in [2.05, 4.69) is 25.3 Å². The van der Waals surface area contributed by atoms with Crippen LogP contribution in [0.25, 0.3) is 11.2 Å². The van der Waals surface area contributed by atoms with Crippen LogP contribution in [0.1, 0.15) is 28.9 Å². The topological polar surface area (TPSA) is 222 Å². The average molecular weight is 518 g/mol. The summed E-state index contributed by atoms with van der Waals surface area (Å²) in [7, 11) is 0. The first-order valence-corrected chi connectivity index (χ1v) is 10.9. The Balaban J connectivity index is 1.81. The quantitative estimate of drug-likeness (QED) is 0.227. The summed E-state index contributed by atoms with van der Waals surface area (Å²) in [6.07, 6.45) is 0.608. The molecule has 0 aliphatic carbocycles. The molecule has 0 fully saturated rings. The van der Waals surface area contributed by atoms with Crippen molar-refractivity contribution < 1.29 is 29.4 Å². The van der Waals surface area contributed by atoms with Gasteiger partial charge in [-0.2, -0.15) is 4.98 Å². The average Bonchev–Trinajstić information content (AvgIpc) is 2.84. The molecule has 1 aromatic carbocycles. The van der Waals surface area contributed by atoms with Crippen molar-refractivity contribution in [2.45, 2.75) is 25.4 Å². The molecule has 0 aliphatic rings. The Morgan fingerprint density at radius 1 is 1.14 bits per heavy atom. The van der Waals surface area contributed by atoms with Gasteiger partial charge in [-0.15, -0.1) is 11.6 Å². The van der Waals surface area contributed by atoms with Crippen LogP contribution in [0.3, 0.4) is 0 Å². The van der Waals surface area contributed by atoms with E-state index in [-0.39, 0.29) is 47.2 Å². The first kappa shape index (κ1) is 26.0. The second-order valence-corrected chi connectivity index (χ2v) is 7.71. The van der Waals surface area contributed by atoms with Crippen molar-refractivity contribution in [1.29, 1.82) is 0 Å². The molecule has 2 amide bonds. The molecule has 0 unspecified atom stereocenters. The fraction of sp³-hybridized carbons (Fsp3) is 0.238. The molecule has 188 valence electrons.